The van der Waals surface area contributed by atoms with Crippen LogP contribution in [0.4, 0.5) is 0 Å². The van der Waals surface area contributed by atoms with E-state index in [1.807, 2.05) is 0 Å². The van der Waals surface area contributed by atoms with Gasteiger partial charge in [-0.15, -0.1) is 0 Å². The monoisotopic (exact) mass is 1020 g/mol. The van der Waals surface area contributed by atoms with Gasteiger partial charge in [-0.05, 0) is 51.4 Å². The second-order valence-electron chi connectivity index (χ2n) is 17.0. The fourth-order valence-corrected chi connectivity index (χ4v) is 9.39. The first-order valence-corrected chi connectivity index (χ1v) is 28.8. The number of esters is 2. The van der Waals surface area contributed by atoms with Gasteiger partial charge in [0.05, 0.1) is 6.61 Å². The number of hydrogen-bond acceptors (Lipinski definition) is 14. The summed E-state index contributed by atoms with van der Waals surface area (Å²) in [5.41, 5.74) is 0. The quantitative estimate of drug-likeness (QED) is 0.0123. The van der Waals surface area contributed by atoms with Gasteiger partial charge in [0.25, 0.3) is 0 Å². The highest BCUT2D eigenvalue weighted by atomic mass is 31.2. The average molecular weight is 1020 g/mol. The summed E-state index contributed by atoms with van der Waals surface area (Å²) in [5.74, 6) is -1.32. The fourth-order valence-electron chi connectivity index (χ4n) is 7.30. The van der Waals surface area contributed by atoms with Crippen LogP contribution in [0.1, 0.15) is 181 Å². The van der Waals surface area contributed by atoms with E-state index in [2.05, 4.69) is 59.4 Å². The number of hydrogen-bond donors (Lipinski definition) is 8. The molecule has 0 radical (unpaired) electrons. The number of ether oxygens (including phenoxy) is 2. The van der Waals surface area contributed by atoms with E-state index in [9.17, 15) is 63.1 Å². The lowest BCUT2D eigenvalue weighted by Gasteiger charge is -2.44. The summed E-state index contributed by atoms with van der Waals surface area (Å²) in [5, 5.41) is 31.9. The molecule has 67 heavy (non-hydrogen) atoms. The minimum atomic E-state index is -5.60. The first-order chi connectivity index (χ1) is 31.8. The van der Waals surface area contributed by atoms with Gasteiger partial charge in [-0.25, -0.2) is 13.7 Å². The molecule has 22 heteroatoms. The van der Waals surface area contributed by atoms with Gasteiger partial charge in [0.1, 0.15) is 43.2 Å². The van der Waals surface area contributed by atoms with Crippen molar-refractivity contribution in [2.24, 2.45) is 0 Å². The van der Waals surface area contributed by atoms with Gasteiger partial charge in [-0.3, -0.25) is 27.7 Å². The molecule has 0 aromatic heterocycles. The highest BCUT2D eigenvalue weighted by Crippen LogP contribution is 2.51. The number of carbonyl (C=O) groups is 2. The van der Waals surface area contributed by atoms with Gasteiger partial charge in [0.15, 0.2) is 6.10 Å². The van der Waals surface area contributed by atoms with Crippen LogP contribution in [0.25, 0.3) is 0 Å². The summed E-state index contributed by atoms with van der Waals surface area (Å²) in [7, 11) is -16.6. The predicted molar refractivity (Wildman–Crippen MR) is 252 cm³/mol. The van der Waals surface area contributed by atoms with Crippen molar-refractivity contribution in [3.8, 4) is 0 Å². The summed E-state index contributed by atoms with van der Waals surface area (Å²) in [4.78, 5) is 73.2. The van der Waals surface area contributed by atoms with Crippen molar-refractivity contribution in [1.82, 2.24) is 0 Å². The number of phosphoric ester groups is 3. The van der Waals surface area contributed by atoms with Crippen LogP contribution >= 0.6 is 23.5 Å². The van der Waals surface area contributed by atoms with E-state index in [1.165, 1.54) is 64.2 Å². The van der Waals surface area contributed by atoms with Crippen LogP contribution in [-0.2, 0) is 50.9 Å². The Balaban J connectivity index is 2.73. The summed E-state index contributed by atoms with van der Waals surface area (Å²) in [6.45, 7) is 2.90. The normalized spacial score (nSPS) is 21.9. The lowest BCUT2D eigenvalue weighted by molar-refractivity contribution is -0.213. The largest absolute Gasteiger partial charge is 0.472 e. The Morgan fingerprint density at radius 1 is 0.478 bits per heavy atom. The van der Waals surface area contributed by atoms with Gasteiger partial charge >= 0.3 is 35.4 Å². The minimum absolute atomic E-state index is 0.00458. The van der Waals surface area contributed by atoms with E-state index in [0.29, 0.717) is 12.8 Å². The zero-order valence-corrected chi connectivity index (χ0v) is 42.4. The zero-order valence-electron chi connectivity index (χ0n) is 39.7. The maximum absolute atomic E-state index is 13.1. The van der Waals surface area contributed by atoms with Gasteiger partial charge < -0.3 is 49.3 Å². The van der Waals surface area contributed by atoms with Crippen LogP contribution < -0.4 is 0 Å². The summed E-state index contributed by atoms with van der Waals surface area (Å²) >= 11 is 0. The van der Waals surface area contributed by atoms with Crippen LogP contribution in [0.3, 0.4) is 0 Å². The van der Waals surface area contributed by atoms with E-state index in [4.69, 9.17) is 18.5 Å². The molecule has 0 saturated heterocycles. The topological polar surface area (TPSA) is 303 Å². The number of allylic oxidation sites excluding steroid dienone is 6. The number of aliphatic hydroxyl groups excluding tert-OH is 3. The molecular formula is C45H83O19P3. The molecule has 1 fully saturated rings. The summed E-state index contributed by atoms with van der Waals surface area (Å²) < 4.78 is 65.5. The van der Waals surface area contributed by atoms with E-state index < -0.39 is 91.3 Å². The highest BCUT2D eigenvalue weighted by molar-refractivity contribution is 7.47. The van der Waals surface area contributed by atoms with Crippen molar-refractivity contribution < 1.29 is 90.6 Å². The van der Waals surface area contributed by atoms with E-state index >= 15 is 0 Å². The average Bonchev–Trinajstić information content (AvgIpc) is 3.25. The predicted octanol–water partition coefficient (Wildman–Crippen LogP) is 8.85. The molecular weight excluding hydrogens is 937 g/mol. The maximum Gasteiger partial charge on any atom is 0.472 e. The van der Waals surface area contributed by atoms with Crippen LogP contribution in [0.15, 0.2) is 36.5 Å². The Labute approximate surface area is 398 Å². The van der Waals surface area contributed by atoms with E-state index in [1.54, 1.807) is 0 Å². The third-order valence-electron chi connectivity index (χ3n) is 10.9. The molecule has 19 nitrogen and oxygen atoms in total. The van der Waals surface area contributed by atoms with E-state index in [-0.39, 0.29) is 12.8 Å². The Morgan fingerprint density at radius 2 is 0.866 bits per heavy atom. The molecule has 1 rings (SSSR count). The lowest BCUT2D eigenvalue weighted by Crippen LogP contribution is -2.65. The molecule has 8 atom stereocenters. The van der Waals surface area contributed by atoms with E-state index in [0.717, 1.165) is 77.0 Å². The molecule has 8 N–H and O–H groups in total. The minimum Gasteiger partial charge on any atom is -0.462 e. The SMILES string of the molecule is CCCCCC=CCC=CCC=CCCCCCCC(=O)OC[C@H](COP(=O)(O)O[C@H]1C(O)C(O)C(OP(=O)(O)O)[C@@H](OP(=O)(O)O)C1O)OC(=O)CCCCCCCCCCCCCCC. The summed E-state index contributed by atoms with van der Waals surface area (Å²) in [6, 6.07) is 0. The Morgan fingerprint density at radius 3 is 1.36 bits per heavy atom. The second-order valence-corrected chi connectivity index (χ2v) is 20.8. The van der Waals surface area contributed by atoms with Crippen molar-refractivity contribution >= 4 is 35.4 Å². The molecule has 5 unspecified atom stereocenters. The maximum atomic E-state index is 13.1. The second kappa shape index (κ2) is 37.2. The van der Waals surface area contributed by atoms with Crippen molar-refractivity contribution in [2.45, 2.75) is 224 Å². The molecule has 0 spiro atoms. The summed E-state index contributed by atoms with van der Waals surface area (Å²) in [6.07, 6.45) is 21.6. The first-order valence-electron chi connectivity index (χ1n) is 24.3. The third kappa shape index (κ3) is 33.6. The van der Waals surface area contributed by atoms with Gasteiger partial charge in [-0.2, -0.15) is 0 Å². The van der Waals surface area contributed by atoms with Crippen molar-refractivity contribution in [3.63, 3.8) is 0 Å². The molecule has 0 bridgehead atoms. The van der Waals surface area contributed by atoms with Crippen molar-refractivity contribution in [3.05, 3.63) is 36.5 Å². The van der Waals surface area contributed by atoms with Gasteiger partial charge in [0, 0.05) is 12.8 Å². The molecule has 1 saturated carbocycles. The van der Waals surface area contributed by atoms with Crippen LogP contribution in [-0.4, -0.2) is 108 Å². The highest BCUT2D eigenvalue weighted by Gasteiger charge is 2.56. The molecule has 392 valence electrons. The molecule has 0 aromatic carbocycles. The Kier molecular flexibility index (Phi) is 35.2. The smallest absolute Gasteiger partial charge is 0.462 e. The fraction of sp³-hybridized carbons (Fsp3) is 0.822. The Bertz CT molecular complexity index is 1550. The third-order valence-corrected chi connectivity index (χ3v) is 13.0. The van der Waals surface area contributed by atoms with Crippen LogP contribution in [0.2, 0.25) is 0 Å². The Hall–Kier alpha value is -1.63. The van der Waals surface area contributed by atoms with Crippen molar-refractivity contribution in [1.29, 1.82) is 0 Å². The number of phosphoric acid groups is 3. The molecule has 0 heterocycles. The van der Waals surface area contributed by atoms with Crippen LogP contribution in [0.5, 0.6) is 0 Å². The number of aliphatic hydroxyl groups is 3. The standard InChI is InChI=1S/C45H83O19P3/c1-3-5-7-9-11-13-15-17-18-19-20-22-23-25-27-29-31-33-38(46)59-35-37(61-39(47)34-32-30-28-26-24-21-16-14-12-10-8-6-4-2)36-60-67(57,58)64-43-40(48)41(49)44(62-65(51,52)53)45(42(43)50)63-66(54,55)56/h11,13,17-18,20,22,37,40-45,48-50H,3-10,12,14-16,19,21,23-36H2,1-2H3,(H,57,58)(H2,51,52,53)(H2,54,55,56)/t37-,40?,41?,42?,43+,44?,45+/m1/s1. The lowest BCUT2D eigenvalue weighted by atomic mass is 9.85. The van der Waals surface area contributed by atoms with Gasteiger partial charge in [-0.1, -0.05) is 153 Å². The molecule has 0 amide bonds. The molecule has 1 aliphatic rings. The molecule has 0 aliphatic heterocycles. The zero-order chi connectivity index (χ0) is 50.0. The van der Waals surface area contributed by atoms with Crippen LogP contribution in [0, 0.1) is 0 Å². The van der Waals surface area contributed by atoms with Crippen molar-refractivity contribution in [2.75, 3.05) is 13.2 Å². The number of carbonyl (C=O) groups excluding carboxylic acids is 2. The first kappa shape index (κ1) is 63.4. The number of rotatable bonds is 41. The number of unbranched alkanes of at least 4 members (excludes halogenated alkanes) is 19. The molecule has 0 aromatic rings. The van der Waals surface area contributed by atoms with Gasteiger partial charge in [0.2, 0.25) is 0 Å². The molecule has 1 aliphatic carbocycles.